The number of nitrogens with zero attached hydrogens (tertiary/aromatic N) is 1. The van der Waals surface area contributed by atoms with E-state index in [0.29, 0.717) is 22.7 Å². The highest BCUT2D eigenvalue weighted by molar-refractivity contribution is 7.92. The van der Waals surface area contributed by atoms with Crippen LogP contribution in [-0.2, 0) is 10.0 Å². The number of anilines is 1. The monoisotopic (exact) mass is 356 g/mol. The van der Waals surface area contributed by atoms with Crippen LogP contribution >= 0.6 is 23.2 Å². The van der Waals surface area contributed by atoms with Gasteiger partial charge < -0.3 is 4.42 Å². The van der Waals surface area contributed by atoms with E-state index in [1.165, 1.54) is 18.2 Å². The third-order valence-corrected chi connectivity index (χ3v) is 4.69. The van der Waals surface area contributed by atoms with E-state index >= 15 is 0 Å². The third-order valence-electron chi connectivity index (χ3n) is 2.89. The summed E-state index contributed by atoms with van der Waals surface area (Å²) in [6, 6.07) is 8.96. The van der Waals surface area contributed by atoms with Crippen molar-refractivity contribution in [2.45, 2.75) is 11.8 Å². The Morgan fingerprint density at radius 3 is 2.45 bits per heavy atom. The van der Waals surface area contributed by atoms with Gasteiger partial charge in [-0.1, -0.05) is 23.2 Å². The molecule has 0 bridgehead atoms. The molecule has 1 aromatic heterocycles. The highest BCUT2D eigenvalue weighted by Gasteiger charge is 2.16. The summed E-state index contributed by atoms with van der Waals surface area (Å²) in [5, 5.41) is 0.492. The van der Waals surface area contributed by atoms with Crippen LogP contribution in [0.4, 0.5) is 5.69 Å². The molecule has 1 heterocycles. The predicted molar refractivity (Wildman–Crippen MR) is 86.0 cm³/mol. The first-order valence-electron chi connectivity index (χ1n) is 6.20. The van der Waals surface area contributed by atoms with Crippen LogP contribution in [0.5, 0.6) is 0 Å². The lowest BCUT2D eigenvalue weighted by Gasteiger charge is -2.08. The second-order valence-electron chi connectivity index (χ2n) is 4.63. The maximum absolute atomic E-state index is 12.4. The largest absolute Gasteiger partial charge is 0.441 e. The number of benzene rings is 2. The summed E-state index contributed by atoms with van der Waals surface area (Å²) in [4.78, 5) is 4.15. The van der Waals surface area contributed by atoms with Crippen LogP contribution in [-0.4, -0.2) is 13.4 Å². The van der Waals surface area contributed by atoms with Crippen LogP contribution in [0.15, 0.2) is 45.7 Å². The van der Waals surface area contributed by atoms with Gasteiger partial charge in [-0.15, -0.1) is 0 Å². The number of aromatic nitrogens is 1. The summed E-state index contributed by atoms with van der Waals surface area (Å²) in [6.45, 7) is 1.72. The fraction of sp³-hybridized carbons (Fsp3) is 0.0714. The minimum Gasteiger partial charge on any atom is -0.441 e. The number of hydrogen-bond acceptors (Lipinski definition) is 4. The molecule has 1 N–H and O–H groups in total. The second-order valence-corrected chi connectivity index (χ2v) is 7.18. The van der Waals surface area contributed by atoms with Gasteiger partial charge in [0.05, 0.1) is 10.6 Å². The van der Waals surface area contributed by atoms with Gasteiger partial charge in [-0.05, 0) is 36.4 Å². The summed E-state index contributed by atoms with van der Waals surface area (Å²) in [5.74, 6) is 0.511. The van der Waals surface area contributed by atoms with E-state index in [1.807, 2.05) is 0 Å². The first kappa shape index (κ1) is 15.1. The van der Waals surface area contributed by atoms with Gasteiger partial charge >= 0.3 is 0 Å². The van der Waals surface area contributed by atoms with Crippen LogP contribution in [0.1, 0.15) is 5.89 Å². The molecule has 0 saturated heterocycles. The zero-order chi connectivity index (χ0) is 15.9. The Labute approximate surface area is 136 Å². The van der Waals surface area contributed by atoms with Crippen molar-refractivity contribution in [2.75, 3.05) is 4.72 Å². The van der Waals surface area contributed by atoms with Gasteiger partial charge in [0.1, 0.15) is 5.52 Å². The second kappa shape index (κ2) is 5.46. The summed E-state index contributed by atoms with van der Waals surface area (Å²) in [5.41, 5.74) is 1.53. The Morgan fingerprint density at radius 2 is 1.77 bits per heavy atom. The summed E-state index contributed by atoms with van der Waals surface area (Å²) in [6.07, 6.45) is 0. The van der Waals surface area contributed by atoms with E-state index < -0.39 is 10.0 Å². The minimum atomic E-state index is -3.80. The van der Waals surface area contributed by atoms with E-state index in [0.717, 1.165) is 0 Å². The van der Waals surface area contributed by atoms with Gasteiger partial charge in [-0.2, -0.15) is 0 Å². The van der Waals surface area contributed by atoms with Gasteiger partial charge in [-0.3, -0.25) is 4.72 Å². The van der Waals surface area contributed by atoms with Gasteiger partial charge in [0.15, 0.2) is 11.5 Å². The number of oxazole rings is 1. The highest BCUT2D eigenvalue weighted by atomic mass is 35.5. The van der Waals surface area contributed by atoms with E-state index in [1.54, 1.807) is 25.1 Å². The minimum absolute atomic E-state index is 0.0126. The van der Waals surface area contributed by atoms with E-state index in [-0.39, 0.29) is 14.9 Å². The molecule has 2 aromatic carbocycles. The molecule has 114 valence electrons. The van der Waals surface area contributed by atoms with Crippen LogP contribution < -0.4 is 4.72 Å². The number of rotatable bonds is 3. The molecule has 0 radical (unpaired) electrons. The standard InChI is InChI=1S/C14H10Cl2N2O3S/c1-8-17-13-7-11(2-3-14(13)21-8)18-22(19,20)12-5-9(15)4-10(16)6-12/h2-7,18H,1H3. The lowest BCUT2D eigenvalue weighted by molar-refractivity contribution is 0.561. The molecule has 0 atom stereocenters. The van der Waals surface area contributed by atoms with Crippen molar-refractivity contribution < 1.29 is 12.8 Å². The fourth-order valence-electron chi connectivity index (χ4n) is 2.00. The van der Waals surface area contributed by atoms with Gasteiger partial charge in [0.2, 0.25) is 0 Å². The molecule has 0 fully saturated rings. The predicted octanol–water partition coefficient (Wildman–Crippen LogP) is 4.24. The van der Waals surface area contributed by atoms with Crippen molar-refractivity contribution in [3.63, 3.8) is 0 Å². The molecular formula is C14H10Cl2N2O3S. The maximum Gasteiger partial charge on any atom is 0.261 e. The van der Waals surface area contributed by atoms with Crippen LogP contribution in [0.3, 0.4) is 0 Å². The molecule has 0 spiro atoms. The molecule has 0 unspecified atom stereocenters. The van der Waals surface area contributed by atoms with Crippen molar-refractivity contribution in [3.05, 3.63) is 52.3 Å². The topological polar surface area (TPSA) is 72.2 Å². The molecule has 0 aliphatic carbocycles. The van der Waals surface area contributed by atoms with Crippen molar-refractivity contribution in [3.8, 4) is 0 Å². The molecule has 0 saturated carbocycles. The quantitative estimate of drug-likeness (QED) is 0.761. The number of halogens is 2. The number of fused-ring (bicyclic) bond motifs is 1. The van der Waals surface area contributed by atoms with Crippen LogP contribution in [0.25, 0.3) is 11.1 Å². The number of hydrogen-bond donors (Lipinski definition) is 1. The van der Waals surface area contributed by atoms with Crippen molar-refractivity contribution >= 4 is 50.0 Å². The van der Waals surface area contributed by atoms with E-state index in [9.17, 15) is 8.42 Å². The summed E-state index contributed by atoms with van der Waals surface area (Å²) in [7, 11) is -3.80. The first-order chi connectivity index (χ1) is 10.3. The van der Waals surface area contributed by atoms with Crippen molar-refractivity contribution in [2.24, 2.45) is 0 Å². The highest BCUT2D eigenvalue weighted by Crippen LogP contribution is 2.25. The molecule has 5 nitrogen and oxygen atoms in total. The Bertz CT molecular complexity index is 947. The van der Waals surface area contributed by atoms with E-state index in [2.05, 4.69) is 9.71 Å². The van der Waals surface area contributed by atoms with Crippen LogP contribution in [0.2, 0.25) is 10.0 Å². The third kappa shape index (κ3) is 3.04. The average molecular weight is 357 g/mol. The molecule has 3 rings (SSSR count). The van der Waals surface area contributed by atoms with Crippen molar-refractivity contribution in [1.29, 1.82) is 0 Å². The first-order valence-corrected chi connectivity index (χ1v) is 8.43. The molecule has 22 heavy (non-hydrogen) atoms. The van der Waals surface area contributed by atoms with Gasteiger partial charge in [0, 0.05) is 17.0 Å². The summed E-state index contributed by atoms with van der Waals surface area (Å²) < 4.78 is 32.6. The lowest BCUT2D eigenvalue weighted by atomic mass is 10.3. The average Bonchev–Trinajstić information content (AvgIpc) is 2.76. The fourth-order valence-corrected chi connectivity index (χ4v) is 3.78. The zero-order valence-electron chi connectivity index (χ0n) is 11.3. The Balaban J connectivity index is 1.98. The van der Waals surface area contributed by atoms with Crippen LogP contribution in [0, 0.1) is 6.92 Å². The van der Waals surface area contributed by atoms with Gasteiger partial charge in [-0.25, -0.2) is 13.4 Å². The number of sulfonamides is 1. The van der Waals surface area contributed by atoms with Gasteiger partial charge in [0.25, 0.3) is 10.0 Å². The van der Waals surface area contributed by atoms with Crippen molar-refractivity contribution in [1.82, 2.24) is 4.98 Å². The molecule has 0 aliphatic heterocycles. The molecule has 3 aromatic rings. The zero-order valence-corrected chi connectivity index (χ0v) is 13.6. The smallest absolute Gasteiger partial charge is 0.261 e. The normalized spacial score (nSPS) is 11.8. The number of nitrogens with one attached hydrogen (secondary N) is 1. The Hall–Kier alpha value is -1.76. The Kier molecular flexibility index (Phi) is 3.76. The SMILES string of the molecule is Cc1nc2cc(NS(=O)(=O)c3cc(Cl)cc(Cl)c3)ccc2o1. The Morgan fingerprint density at radius 1 is 1.09 bits per heavy atom. The maximum atomic E-state index is 12.4. The molecule has 0 amide bonds. The number of aryl methyl sites for hydroxylation is 1. The molecule has 0 aliphatic rings. The molecule has 8 heteroatoms. The molecular weight excluding hydrogens is 347 g/mol. The van der Waals surface area contributed by atoms with E-state index in [4.69, 9.17) is 27.6 Å². The lowest BCUT2D eigenvalue weighted by Crippen LogP contribution is -2.12. The summed E-state index contributed by atoms with van der Waals surface area (Å²) >= 11 is 11.7.